The molecule has 0 aromatic heterocycles. The molecule has 0 spiro atoms. The molecule has 2 aromatic rings. The summed E-state index contributed by atoms with van der Waals surface area (Å²) in [7, 11) is 3.87. The van der Waals surface area contributed by atoms with Gasteiger partial charge in [0.1, 0.15) is 0 Å². The van der Waals surface area contributed by atoms with Gasteiger partial charge in [-0.25, -0.2) is 0 Å². The Hall–Kier alpha value is -3.37. The molecule has 0 aliphatic carbocycles. The summed E-state index contributed by atoms with van der Waals surface area (Å²) in [6, 6.07) is 15.6. The van der Waals surface area contributed by atoms with E-state index in [-0.39, 0.29) is 17.2 Å². The number of ketones is 1. The molecule has 0 bridgehead atoms. The molecule has 3 rings (SSSR count). The number of imide groups is 1. The number of carbonyl (C=O) groups is 3. The molecule has 0 saturated carbocycles. The van der Waals surface area contributed by atoms with Gasteiger partial charge in [0.05, 0.1) is 23.1 Å². The van der Waals surface area contributed by atoms with E-state index in [9.17, 15) is 14.4 Å². The highest BCUT2D eigenvalue weighted by atomic mass is 32.2. The van der Waals surface area contributed by atoms with Crippen LogP contribution in [0.25, 0.3) is 6.08 Å². The standard InChI is InChI=1S/C21H17N3O3S/c1-23(2)17-9-5-14(6-10-17)11-19-20(26)24(21(27)28-19)13-18(25)16-7-3-15(12-22)4-8-16/h3-11H,13H2,1-2H3/b19-11-. The number of benzene rings is 2. The zero-order chi connectivity index (χ0) is 20.3. The highest BCUT2D eigenvalue weighted by molar-refractivity contribution is 8.18. The maximum Gasteiger partial charge on any atom is 0.293 e. The Labute approximate surface area is 167 Å². The molecular formula is C21H17N3O3S. The van der Waals surface area contributed by atoms with Crippen molar-refractivity contribution in [2.45, 2.75) is 0 Å². The summed E-state index contributed by atoms with van der Waals surface area (Å²) in [5.41, 5.74) is 2.61. The number of hydrogen-bond donors (Lipinski definition) is 0. The van der Waals surface area contributed by atoms with Crippen LogP contribution in [0, 0.1) is 11.3 Å². The van der Waals surface area contributed by atoms with E-state index < -0.39 is 11.1 Å². The quantitative estimate of drug-likeness (QED) is 0.573. The average molecular weight is 391 g/mol. The van der Waals surface area contributed by atoms with Crippen LogP contribution in [0.1, 0.15) is 21.5 Å². The molecule has 6 nitrogen and oxygen atoms in total. The van der Waals surface area contributed by atoms with Crippen LogP contribution in [0.2, 0.25) is 0 Å². The van der Waals surface area contributed by atoms with Crippen molar-refractivity contribution in [2.24, 2.45) is 0 Å². The second-order valence-corrected chi connectivity index (χ2v) is 7.36. The molecule has 2 aromatic carbocycles. The second-order valence-electron chi connectivity index (χ2n) is 6.37. The third-order valence-electron chi connectivity index (χ3n) is 4.22. The normalized spacial score (nSPS) is 15.0. The third kappa shape index (κ3) is 4.13. The molecule has 7 heteroatoms. The molecule has 0 radical (unpaired) electrons. The first-order valence-corrected chi connectivity index (χ1v) is 9.27. The van der Waals surface area contributed by atoms with Gasteiger partial charge in [-0.15, -0.1) is 0 Å². The van der Waals surface area contributed by atoms with Gasteiger partial charge in [-0.2, -0.15) is 5.26 Å². The van der Waals surface area contributed by atoms with Gasteiger partial charge in [0, 0.05) is 25.3 Å². The topological polar surface area (TPSA) is 81.5 Å². The van der Waals surface area contributed by atoms with Crippen LogP contribution in [0.3, 0.4) is 0 Å². The molecule has 2 amide bonds. The van der Waals surface area contributed by atoms with Gasteiger partial charge in [0.25, 0.3) is 11.1 Å². The summed E-state index contributed by atoms with van der Waals surface area (Å²) in [5, 5.41) is 8.35. The molecule has 0 N–H and O–H groups in total. The Bertz CT molecular complexity index is 1000. The number of nitrogens with zero attached hydrogens (tertiary/aromatic N) is 3. The summed E-state index contributed by atoms with van der Waals surface area (Å²) < 4.78 is 0. The number of Topliss-reactive ketones (excluding diaryl/α,β-unsaturated/α-hetero) is 1. The first-order valence-electron chi connectivity index (χ1n) is 8.45. The lowest BCUT2D eigenvalue weighted by atomic mass is 10.1. The fourth-order valence-electron chi connectivity index (χ4n) is 2.62. The Morgan fingerprint density at radius 1 is 1.11 bits per heavy atom. The minimum absolute atomic E-state index is 0.287. The lowest BCUT2D eigenvalue weighted by Gasteiger charge is -2.12. The van der Waals surface area contributed by atoms with Gasteiger partial charge in [0.15, 0.2) is 5.78 Å². The molecule has 1 fully saturated rings. The highest BCUT2D eigenvalue weighted by Gasteiger charge is 2.36. The van der Waals surface area contributed by atoms with Crippen LogP contribution in [0.15, 0.2) is 53.4 Å². The van der Waals surface area contributed by atoms with Gasteiger partial charge in [-0.1, -0.05) is 24.3 Å². The zero-order valence-electron chi connectivity index (χ0n) is 15.4. The van der Waals surface area contributed by atoms with Crippen LogP contribution < -0.4 is 4.90 Å². The van der Waals surface area contributed by atoms with E-state index in [4.69, 9.17) is 5.26 Å². The Kier molecular flexibility index (Phi) is 5.62. The maximum atomic E-state index is 12.6. The van der Waals surface area contributed by atoms with E-state index >= 15 is 0 Å². The molecule has 1 aliphatic rings. The van der Waals surface area contributed by atoms with Gasteiger partial charge in [0.2, 0.25) is 0 Å². The molecular weight excluding hydrogens is 374 g/mol. The zero-order valence-corrected chi connectivity index (χ0v) is 16.2. The van der Waals surface area contributed by atoms with E-state index in [1.807, 2.05) is 49.3 Å². The third-order valence-corrected chi connectivity index (χ3v) is 5.13. The van der Waals surface area contributed by atoms with E-state index in [2.05, 4.69) is 0 Å². The summed E-state index contributed by atoms with van der Waals surface area (Å²) in [5.74, 6) is -0.836. The summed E-state index contributed by atoms with van der Waals surface area (Å²) in [6.07, 6.45) is 1.65. The fourth-order valence-corrected chi connectivity index (χ4v) is 3.46. The van der Waals surface area contributed by atoms with Crippen molar-refractivity contribution in [3.05, 3.63) is 70.1 Å². The van der Waals surface area contributed by atoms with E-state index in [1.165, 1.54) is 24.3 Å². The van der Waals surface area contributed by atoms with Gasteiger partial charge >= 0.3 is 0 Å². The van der Waals surface area contributed by atoms with E-state index in [0.29, 0.717) is 11.1 Å². The van der Waals surface area contributed by atoms with Gasteiger partial charge in [-0.05, 0) is 47.7 Å². The predicted molar refractivity (Wildman–Crippen MR) is 109 cm³/mol. The Balaban J connectivity index is 1.73. The van der Waals surface area contributed by atoms with Crippen LogP contribution in [0.4, 0.5) is 10.5 Å². The van der Waals surface area contributed by atoms with E-state index in [0.717, 1.165) is 27.9 Å². The first-order chi connectivity index (χ1) is 13.4. The number of hydrogen-bond acceptors (Lipinski definition) is 6. The van der Waals surface area contributed by atoms with Crippen molar-refractivity contribution in [1.82, 2.24) is 4.90 Å². The molecule has 1 aliphatic heterocycles. The monoisotopic (exact) mass is 391 g/mol. The number of nitriles is 1. The van der Waals surface area contributed by atoms with Crippen LogP contribution in [0.5, 0.6) is 0 Å². The lowest BCUT2D eigenvalue weighted by Crippen LogP contribution is -2.33. The maximum absolute atomic E-state index is 12.6. The summed E-state index contributed by atoms with van der Waals surface area (Å²) >= 11 is 0.823. The molecule has 28 heavy (non-hydrogen) atoms. The minimum Gasteiger partial charge on any atom is -0.378 e. The van der Waals surface area contributed by atoms with Crippen molar-refractivity contribution in [3.8, 4) is 6.07 Å². The smallest absolute Gasteiger partial charge is 0.293 e. The van der Waals surface area contributed by atoms with Crippen LogP contribution in [-0.4, -0.2) is 42.5 Å². The SMILES string of the molecule is CN(C)c1ccc(/C=C2\SC(=O)N(CC(=O)c3ccc(C#N)cc3)C2=O)cc1. The van der Waals surface area contributed by atoms with Crippen molar-refractivity contribution >= 4 is 40.5 Å². The minimum atomic E-state index is -0.478. The molecule has 0 atom stereocenters. The van der Waals surface area contributed by atoms with Gasteiger partial charge in [-0.3, -0.25) is 19.3 Å². The molecule has 1 saturated heterocycles. The van der Waals surface area contributed by atoms with Crippen molar-refractivity contribution < 1.29 is 14.4 Å². The molecule has 1 heterocycles. The lowest BCUT2D eigenvalue weighted by molar-refractivity contribution is -0.122. The molecule has 140 valence electrons. The first kappa shape index (κ1) is 19.4. The summed E-state index contributed by atoms with van der Waals surface area (Å²) in [4.78, 5) is 40.4. The van der Waals surface area contributed by atoms with Gasteiger partial charge < -0.3 is 4.90 Å². The number of amides is 2. The highest BCUT2D eigenvalue weighted by Crippen LogP contribution is 2.32. The number of carbonyl (C=O) groups excluding carboxylic acids is 3. The van der Waals surface area contributed by atoms with Crippen LogP contribution in [-0.2, 0) is 4.79 Å². The van der Waals surface area contributed by atoms with Crippen molar-refractivity contribution in [3.63, 3.8) is 0 Å². The number of rotatable bonds is 5. The number of anilines is 1. The second kappa shape index (κ2) is 8.11. The molecule has 0 unspecified atom stereocenters. The average Bonchev–Trinajstić information content (AvgIpc) is 2.95. The predicted octanol–water partition coefficient (Wildman–Crippen LogP) is 3.54. The van der Waals surface area contributed by atoms with Crippen molar-refractivity contribution in [1.29, 1.82) is 5.26 Å². The Morgan fingerprint density at radius 3 is 2.32 bits per heavy atom. The van der Waals surface area contributed by atoms with Crippen LogP contribution >= 0.6 is 11.8 Å². The Morgan fingerprint density at radius 2 is 1.75 bits per heavy atom. The van der Waals surface area contributed by atoms with E-state index in [1.54, 1.807) is 6.08 Å². The fraction of sp³-hybridized carbons (Fsp3) is 0.143. The van der Waals surface area contributed by atoms with Crippen molar-refractivity contribution in [2.75, 3.05) is 25.5 Å². The largest absolute Gasteiger partial charge is 0.378 e. The number of thioether (sulfide) groups is 1. The summed E-state index contributed by atoms with van der Waals surface area (Å²) in [6.45, 7) is -0.326.